The molecule has 2 heteroatoms. The van der Waals surface area contributed by atoms with E-state index in [4.69, 9.17) is 1.41 Å². The monoisotopic (exact) mass is 85.1 g/mol. The molecule has 0 atom stereocenters. The van der Waals surface area contributed by atoms with Gasteiger partial charge in [0.25, 0.3) is 0 Å². The van der Waals surface area contributed by atoms with Crippen LogP contribution < -0.4 is 5.42 Å². The number of nitrogens with zero attached hydrogens (tertiary/aromatic N) is 1. The Kier molecular flexibility index (Phi) is 0.783. The van der Waals surface area contributed by atoms with Crippen LogP contribution in [0.15, 0.2) is 5.10 Å². The lowest BCUT2D eigenvalue weighted by Gasteiger charge is -2.01. The molecule has 0 spiro atoms. The molecule has 0 bridgehead atoms. The quantitative estimate of drug-likeness (QED) is 0.451. The Labute approximate surface area is 38.7 Å². The predicted molar refractivity (Wildman–Crippen MR) is 25.7 cm³/mol. The molecule has 2 nitrogen and oxygen atoms in total. The molecule has 0 aromatic heterocycles. The Hall–Kier alpha value is -0.530. The fraction of sp³-hybridized carbons (Fsp3) is 0.750. The molecule has 1 aliphatic rings. The van der Waals surface area contributed by atoms with Crippen molar-refractivity contribution in [3.05, 3.63) is 0 Å². The first kappa shape index (κ1) is 2.61. The van der Waals surface area contributed by atoms with Gasteiger partial charge in [0.2, 0.25) is 0 Å². The molecule has 0 aliphatic carbocycles. The van der Waals surface area contributed by atoms with Gasteiger partial charge in [0, 0.05) is 12.8 Å². The Morgan fingerprint density at radius 1 is 2.00 bits per heavy atom. The van der Waals surface area contributed by atoms with Crippen LogP contribution in [0.5, 0.6) is 0 Å². The third-order valence-corrected chi connectivity index (χ3v) is 0.755. The summed E-state index contributed by atoms with van der Waals surface area (Å²) < 4.78 is 6.91. The van der Waals surface area contributed by atoms with Crippen LogP contribution in [-0.2, 0) is 0 Å². The highest BCUT2D eigenvalue weighted by atomic mass is 15.3. The summed E-state index contributed by atoms with van der Waals surface area (Å²) in [6.07, 6.45) is 3.89. The van der Waals surface area contributed by atoms with Crippen molar-refractivity contribution < 1.29 is 1.41 Å². The molecule has 6 heavy (non-hydrogen) atoms. The molecule has 34 valence electrons. The molecule has 1 aliphatic heterocycles. The lowest BCUT2D eigenvalue weighted by molar-refractivity contribution is 0.671. The lowest BCUT2D eigenvalue weighted by atomic mass is 10.3. The summed E-state index contributed by atoms with van der Waals surface area (Å²) in [5.41, 5.74) is 1.21. The average molecular weight is 85.1 g/mol. The van der Waals surface area contributed by atoms with E-state index in [-0.39, 0.29) is 0 Å². The minimum atomic E-state index is 0.788. The summed E-state index contributed by atoms with van der Waals surface area (Å²) in [6.45, 7) is 0.788. The number of hydrogen-bond acceptors (Lipinski definition) is 2. The summed E-state index contributed by atoms with van der Waals surface area (Å²) in [4.78, 5) is 0. The molecular weight excluding hydrogens is 76.1 g/mol. The first-order valence-electron chi connectivity index (χ1n) is 2.63. The maximum absolute atomic E-state index is 6.91. The molecule has 0 aromatic rings. The van der Waals surface area contributed by atoms with Crippen LogP contribution in [0.3, 0.4) is 0 Å². The van der Waals surface area contributed by atoms with Gasteiger partial charge in [0.15, 0.2) is 1.41 Å². The zero-order valence-corrected chi connectivity index (χ0v) is 3.59. The average Bonchev–Trinajstić information content (AvgIpc) is 1.69. The van der Waals surface area contributed by atoms with Gasteiger partial charge in [0.05, 0.1) is 0 Å². The Morgan fingerprint density at radius 2 is 3.00 bits per heavy atom. The summed E-state index contributed by atoms with van der Waals surface area (Å²) in [5.74, 6) is 0. The van der Waals surface area contributed by atoms with Gasteiger partial charge < -0.3 is 5.42 Å². The van der Waals surface area contributed by atoms with E-state index in [0.717, 1.165) is 19.4 Å². The molecule has 0 aromatic carbocycles. The van der Waals surface area contributed by atoms with E-state index in [1.54, 1.807) is 6.21 Å². The molecule has 1 rings (SSSR count). The lowest BCUT2D eigenvalue weighted by Crippen LogP contribution is -2.11. The number of hydrazone groups is 1. The van der Waals surface area contributed by atoms with E-state index >= 15 is 0 Å². The fourth-order valence-electron chi connectivity index (χ4n) is 0.426. The van der Waals surface area contributed by atoms with Gasteiger partial charge in [0.1, 0.15) is 0 Å². The molecule has 0 radical (unpaired) electrons. The normalized spacial score (nSPS) is 24.0. The van der Waals surface area contributed by atoms with E-state index in [0.29, 0.717) is 0 Å². The summed E-state index contributed by atoms with van der Waals surface area (Å²) in [6, 6.07) is 0. The topological polar surface area (TPSA) is 24.4 Å². The zero-order chi connectivity index (χ0) is 5.11. The summed E-state index contributed by atoms with van der Waals surface area (Å²) >= 11 is 0. The molecule has 0 saturated carbocycles. The molecule has 0 amide bonds. The van der Waals surface area contributed by atoms with E-state index in [2.05, 4.69) is 5.10 Å². The Morgan fingerprint density at radius 3 is 3.33 bits per heavy atom. The third kappa shape index (κ3) is 0.708. The molecule has 1 N–H and O–H groups in total. The molecule has 0 unspecified atom stereocenters. The summed E-state index contributed by atoms with van der Waals surface area (Å²) in [5, 5.41) is 3.70. The number of nitrogens with one attached hydrogen (secondary N) is 1. The SMILES string of the molecule is [2H]N1CCCC=N1. The third-order valence-electron chi connectivity index (χ3n) is 0.755. The van der Waals surface area contributed by atoms with Crippen molar-refractivity contribution in [2.75, 3.05) is 6.54 Å². The molecule has 0 fully saturated rings. The van der Waals surface area contributed by atoms with Crippen LogP contribution in [0.2, 0.25) is 1.41 Å². The second kappa shape index (κ2) is 1.80. The zero-order valence-electron chi connectivity index (χ0n) is 4.59. The highest BCUT2D eigenvalue weighted by Crippen LogP contribution is 1.85. The highest BCUT2D eigenvalue weighted by Gasteiger charge is 1.86. The van der Waals surface area contributed by atoms with Gasteiger partial charge in [-0.25, -0.2) is 0 Å². The van der Waals surface area contributed by atoms with Crippen LogP contribution in [0.25, 0.3) is 0 Å². The van der Waals surface area contributed by atoms with Crippen molar-refractivity contribution in [3.63, 3.8) is 0 Å². The van der Waals surface area contributed by atoms with E-state index in [9.17, 15) is 0 Å². The van der Waals surface area contributed by atoms with Crippen molar-refractivity contribution in [2.45, 2.75) is 12.8 Å². The Bertz CT molecular complexity index is 81.8. The minimum absolute atomic E-state index is 0.788. The van der Waals surface area contributed by atoms with Gasteiger partial charge in [-0.2, -0.15) is 5.10 Å². The van der Waals surface area contributed by atoms with Gasteiger partial charge in [-0.1, -0.05) is 0 Å². The largest absolute Gasteiger partial charge is 0.310 e. The second-order valence-corrected chi connectivity index (χ2v) is 1.31. The Balaban J connectivity index is 2.36. The predicted octanol–water partition coefficient (Wildman–Crippen LogP) is 0.356. The van der Waals surface area contributed by atoms with Gasteiger partial charge in [-0.05, 0) is 12.8 Å². The smallest absolute Gasteiger partial charge is 0.183 e. The van der Waals surface area contributed by atoms with Crippen molar-refractivity contribution in [1.82, 2.24) is 5.42 Å². The van der Waals surface area contributed by atoms with Crippen molar-refractivity contribution >= 4 is 6.21 Å². The maximum Gasteiger partial charge on any atom is 0.183 e. The second-order valence-electron chi connectivity index (χ2n) is 1.31. The summed E-state index contributed by atoms with van der Waals surface area (Å²) in [7, 11) is 0. The molecule has 0 saturated heterocycles. The first-order valence-corrected chi connectivity index (χ1v) is 2.18. The van der Waals surface area contributed by atoms with Crippen molar-refractivity contribution in [3.8, 4) is 0 Å². The van der Waals surface area contributed by atoms with E-state index in [1.165, 1.54) is 5.42 Å². The van der Waals surface area contributed by atoms with E-state index in [1.807, 2.05) is 0 Å². The van der Waals surface area contributed by atoms with Gasteiger partial charge in [-0.3, -0.25) is 0 Å². The van der Waals surface area contributed by atoms with Crippen LogP contribution in [0.4, 0.5) is 0 Å². The number of rotatable bonds is 0. The standard InChI is InChI=1S/C4H8N2/c1-2-4-6-5-3-1/h3,6H,1-2,4H2/i/hD. The van der Waals surface area contributed by atoms with Crippen molar-refractivity contribution in [1.29, 1.82) is 0 Å². The fourth-order valence-corrected chi connectivity index (χ4v) is 0.426. The van der Waals surface area contributed by atoms with Crippen LogP contribution in [0, 0.1) is 0 Å². The molecule has 1 heterocycles. The van der Waals surface area contributed by atoms with E-state index < -0.39 is 0 Å². The minimum Gasteiger partial charge on any atom is -0.310 e. The maximum atomic E-state index is 6.91. The first-order chi connectivity index (χ1) is 3.39. The van der Waals surface area contributed by atoms with Crippen LogP contribution >= 0.6 is 0 Å². The van der Waals surface area contributed by atoms with Gasteiger partial charge >= 0.3 is 0 Å². The van der Waals surface area contributed by atoms with Crippen LogP contribution in [0.1, 0.15) is 12.8 Å². The molecular formula is C4H8N2. The highest BCUT2D eigenvalue weighted by molar-refractivity contribution is 5.57. The number of hydrogen-bond donors (Lipinski definition) is 1. The van der Waals surface area contributed by atoms with Crippen LogP contribution in [-0.4, -0.2) is 12.8 Å². The van der Waals surface area contributed by atoms with Gasteiger partial charge in [-0.15, -0.1) is 0 Å². The van der Waals surface area contributed by atoms with Crippen molar-refractivity contribution in [2.24, 2.45) is 5.10 Å².